The van der Waals surface area contributed by atoms with Gasteiger partial charge in [-0.05, 0) is 18.6 Å². The lowest BCUT2D eigenvalue weighted by Gasteiger charge is -2.09. The lowest BCUT2D eigenvalue weighted by Crippen LogP contribution is -2.30. The van der Waals surface area contributed by atoms with Gasteiger partial charge in [0.25, 0.3) is 5.91 Å². The SMILES string of the molecule is NNc1ccnc(C(=O)NCC2CCOC2)c1. The van der Waals surface area contributed by atoms with Gasteiger partial charge in [-0.2, -0.15) is 0 Å². The summed E-state index contributed by atoms with van der Waals surface area (Å²) in [7, 11) is 0. The zero-order valence-electron chi connectivity index (χ0n) is 9.48. The minimum Gasteiger partial charge on any atom is -0.381 e. The van der Waals surface area contributed by atoms with E-state index in [-0.39, 0.29) is 5.91 Å². The molecule has 0 aromatic carbocycles. The molecule has 4 N–H and O–H groups in total. The number of amides is 1. The Labute approximate surface area is 99.5 Å². The third-order valence-corrected chi connectivity index (χ3v) is 2.73. The van der Waals surface area contributed by atoms with Gasteiger partial charge in [0.05, 0.1) is 12.3 Å². The Morgan fingerprint density at radius 1 is 1.65 bits per heavy atom. The van der Waals surface area contributed by atoms with Crippen LogP contribution >= 0.6 is 0 Å². The van der Waals surface area contributed by atoms with Crippen LogP contribution in [0, 0.1) is 5.92 Å². The molecule has 2 rings (SSSR count). The highest BCUT2D eigenvalue weighted by atomic mass is 16.5. The van der Waals surface area contributed by atoms with E-state index in [0.29, 0.717) is 23.8 Å². The number of hydrogen-bond donors (Lipinski definition) is 3. The molecular formula is C11H16N4O2. The van der Waals surface area contributed by atoms with Gasteiger partial charge < -0.3 is 15.5 Å². The van der Waals surface area contributed by atoms with Crippen LogP contribution < -0.4 is 16.6 Å². The first-order valence-electron chi connectivity index (χ1n) is 5.58. The molecule has 1 atom stereocenters. The summed E-state index contributed by atoms with van der Waals surface area (Å²) in [5.41, 5.74) is 3.50. The van der Waals surface area contributed by atoms with Gasteiger partial charge in [0, 0.05) is 25.3 Å². The summed E-state index contributed by atoms with van der Waals surface area (Å²) in [5, 5.41) is 2.84. The minimum atomic E-state index is -0.186. The van der Waals surface area contributed by atoms with Crippen molar-refractivity contribution < 1.29 is 9.53 Å². The second kappa shape index (κ2) is 5.60. The molecule has 17 heavy (non-hydrogen) atoms. The molecule has 92 valence electrons. The number of nitrogens with zero attached hydrogens (tertiary/aromatic N) is 1. The van der Waals surface area contributed by atoms with Gasteiger partial charge in [-0.25, -0.2) is 0 Å². The molecule has 6 heteroatoms. The highest BCUT2D eigenvalue weighted by Gasteiger charge is 2.17. The standard InChI is InChI=1S/C11H16N4O2/c12-15-9-1-3-13-10(5-9)11(16)14-6-8-2-4-17-7-8/h1,3,5,8H,2,4,6-7,12H2,(H,13,15)(H,14,16). The van der Waals surface area contributed by atoms with Crippen molar-refractivity contribution in [2.75, 3.05) is 25.2 Å². The summed E-state index contributed by atoms with van der Waals surface area (Å²) in [4.78, 5) is 15.8. The van der Waals surface area contributed by atoms with Crippen molar-refractivity contribution in [3.8, 4) is 0 Å². The number of pyridine rings is 1. The average molecular weight is 236 g/mol. The van der Waals surface area contributed by atoms with Crippen LogP contribution in [-0.4, -0.2) is 30.6 Å². The summed E-state index contributed by atoms with van der Waals surface area (Å²) in [6.45, 7) is 2.13. The maximum Gasteiger partial charge on any atom is 0.269 e. The molecule has 0 spiro atoms. The third-order valence-electron chi connectivity index (χ3n) is 2.73. The number of nitrogen functional groups attached to an aromatic ring is 1. The number of carbonyl (C=O) groups excluding carboxylic acids is 1. The fourth-order valence-corrected chi connectivity index (χ4v) is 1.72. The molecule has 0 bridgehead atoms. The molecular weight excluding hydrogens is 220 g/mol. The number of rotatable bonds is 4. The van der Waals surface area contributed by atoms with E-state index in [0.717, 1.165) is 19.6 Å². The Bertz CT molecular complexity index is 391. The number of aromatic nitrogens is 1. The Morgan fingerprint density at radius 2 is 2.53 bits per heavy atom. The predicted octanol–water partition coefficient (Wildman–Crippen LogP) is 0.134. The quantitative estimate of drug-likeness (QED) is 0.511. The second-order valence-electron chi connectivity index (χ2n) is 4.01. The number of nitrogens with two attached hydrogens (primary N) is 1. The maximum atomic E-state index is 11.8. The molecule has 1 saturated heterocycles. The zero-order valence-corrected chi connectivity index (χ0v) is 9.48. The Kier molecular flexibility index (Phi) is 3.89. The molecule has 6 nitrogen and oxygen atoms in total. The fraction of sp³-hybridized carbons (Fsp3) is 0.455. The van der Waals surface area contributed by atoms with E-state index in [1.807, 2.05) is 0 Å². The smallest absolute Gasteiger partial charge is 0.269 e. The van der Waals surface area contributed by atoms with Gasteiger partial charge >= 0.3 is 0 Å². The third kappa shape index (κ3) is 3.15. The summed E-state index contributed by atoms with van der Waals surface area (Å²) < 4.78 is 5.24. The number of hydrogen-bond acceptors (Lipinski definition) is 5. The minimum absolute atomic E-state index is 0.186. The highest BCUT2D eigenvalue weighted by molar-refractivity contribution is 5.93. The highest BCUT2D eigenvalue weighted by Crippen LogP contribution is 2.11. The molecule has 1 aromatic rings. The zero-order chi connectivity index (χ0) is 12.1. The van der Waals surface area contributed by atoms with Gasteiger partial charge in [0.2, 0.25) is 0 Å². The molecule has 1 unspecified atom stereocenters. The van der Waals surface area contributed by atoms with Crippen LogP contribution in [0.1, 0.15) is 16.9 Å². The van der Waals surface area contributed by atoms with Crippen molar-refractivity contribution in [2.24, 2.45) is 11.8 Å². The van der Waals surface area contributed by atoms with E-state index < -0.39 is 0 Å². The Morgan fingerprint density at radius 3 is 3.24 bits per heavy atom. The fourth-order valence-electron chi connectivity index (χ4n) is 1.72. The monoisotopic (exact) mass is 236 g/mol. The molecule has 1 fully saturated rings. The average Bonchev–Trinajstić information content (AvgIpc) is 2.89. The molecule has 1 aliphatic rings. The first-order valence-corrected chi connectivity index (χ1v) is 5.58. The molecule has 0 saturated carbocycles. The van der Waals surface area contributed by atoms with Crippen LogP contribution in [0.4, 0.5) is 5.69 Å². The Hall–Kier alpha value is -1.66. The number of carbonyl (C=O) groups is 1. The van der Waals surface area contributed by atoms with E-state index in [2.05, 4.69) is 15.7 Å². The second-order valence-corrected chi connectivity index (χ2v) is 4.01. The molecule has 2 heterocycles. The van der Waals surface area contributed by atoms with Crippen molar-refractivity contribution in [3.05, 3.63) is 24.0 Å². The summed E-state index contributed by atoms with van der Waals surface area (Å²) >= 11 is 0. The van der Waals surface area contributed by atoms with Crippen molar-refractivity contribution in [2.45, 2.75) is 6.42 Å². The van der Waals surface area contributed by atoms with Crippen LogP contribution in [0.5, 0.6) is 0 Å². The molecule has 1 aromatic heterocycles. The van der Waals surface area contributed by atoms with E-state index in [1.54, 1.807) is 18.3 Å². The molecule has 0 aliphatic carbocycles. The molecule has 1 aliphatic heterocycles. The van der Waals surface area contributed by atoms with Crippen molar-refractivity contribution in [3.63, 3.8) is 0 Å². The van der Waals surface area contributed by atoms with E-state index in [1.165, 1.54) is 0 Å². The van der Waals surface area contributed by atoms with Gasteiger partial charge in [0.1, 0.15) is 5.69 Å². The predicted molar refractivity (Wildman–Crippen MR) is 63.3 cm³/mol. The van der Waals surface area contributed by atoms with E-state index in [4.69, 9.17) is 10.6 Å². The van der Waals surface area contributed by atoms with E-state index in [9.17, 15) is 4.79 Å². The normalized spacial score (nSPS) is 19.0. The number of hydrazine groups is 1. The number of anilines is 1. The van der Waals surface area contributed by atoms with Gasteiger partial charge in [-0.1, -0.05) is 0 Å². The number of ether oxygens (including phenoxy) is 1. The molecule has 0 radical (unpaired) electrons. The Balaban J connectivity index is 1.89. The van der Waals surface area contributed by atoms with Crippen LogP contribution in [0.2, 0.25) is 0 Å². The lowest BCUT2D eigenvalue weighted by molar-refractivity contribution is 0.0940. The van der Waals surface area contributed by atoms with Gasteiger partial charge in [-0.15, -0.1) is 0 Å². The van der Waals surface area contributed by atoms with E-state index >= 15 is 0 Å². The topological polar surface area (TPSA) is 89.3 Å². The van der Waals surface area contributed by atoms with Crippen LogP contribution in [0.15, 0.2) is 18.3 Å². The van der Waals surface area contributed by atoms with Crippen molar-refractivity contribution in [1.82, 2.24) is 10.3 Å². The summed E-state index contributed by atoms with van der Waals surface area (Å²) in [6.07, 6.45) is 2.54. The van der Waals surface area contributed by atoms with Crippen LogP contribution in [-0.2, 0) is 4.74 Å². The first-order chi connectivity index (χ1) is 8.29. The van der Waals surface area contributed by atoms with Gasteiger partial charge in [-0.3, -0.25) is 15.6 Å². The summed E-state index contributed by atoms with van der Waals surface area (Å²) in [5.74, 6) is 5.49. The first kappa shape index (κ1) is 11.8. The van der Waals surface area contributed by atoms with Crippen molar-refractivity contribution in [1.29, 1.82) is 0 Å². The lowest BCUT2D eigenvalue weighted by atomic mass is 10.1. The largest absolute Gasteiger partial charge is 0.381 e. The summed E-state index contributed by atoms with van der Waals surface area (Å²) in [6, 6.07) is 3.31. The maximum absolute atomic E-state index is 11.8. The van der Waals surface area contributed by atoms with Crippen LogP contribution in [0.25, 0.3) is 0 Å². The van der Waals surface area contributed by atoms with Crippen LogP contribution in [0.3, 0.4) is 0 Å². The molecule has 1 amide bonds. The number of nitrogens with one attached hydrogen (secondary N) is 2. The van der Waals surface area contributed by atoms with Gasteiger partial charge in [0.15, 0.2) is 0 Å². The van der Waals surface area contributed by atoms with Crippen molar-refractivity contribution >= 4 is 11.6 Å².